The van der Waals surface area contributed by atoms with Crippen molar-refractivity contribution >= 4 is 88.6 Å². The smallest absolute Gasteiger partial charge is 0.298 e. The van der Waals surface area contributed by atoms with E-state index < -0.39 is 9.84 Å². The second-order valence-corrected chi connectivity index (χ2v) is 34.3. The number of hydrogen-bond donors (Lipinski definition) is 2. The Bertz CT molecular complexity index is 5180. The number of aromatic hydroxyl groups is 1. The SMILES string of the molecule is CC(C)(C)C.CCNC(C)c1ccc2c(-c3ccc(S(=O)(=O)CCCCCCCC(C)(C)C)cc3)c3ccc(=NC(C)CC)cc-3oc2c1.CN(C)c1ccc(/C=C/c2cc[n+](CCCC(C)(C)C)cc2)cc1.O=COc1ccccc1-c1c2ccc3cc(O)ccc3c2oc2c1ccc1cc(=O)ccc12. The molecule has 13 heteroatoms. The zero-order chi connectivity index (χ0) is 76.5. The van der Waals surface area contributed by atoms with Gasteiger partial charge in [0.15, 0.2) is 27.7 Å². The number of carbonyl (C=O) groups excluding carboxylic acids is 1. The van der Waals surface area contributed by atoms with Gasteiger partial charge in [-0.15, -0.1) is 0 Å². The summed E-state index contributed by atoms with van der Waals surface area (Å²) in [6, 6.07) is 58.4. The lowest BCUT2D eigenvalue weighted by Crippen LogP contribution is -2.33. The number of aromatic nitrogens is 1. The van der Waals surface area contributed by atoms with Crippen LogP contribution in [0.2, 0.25) is 0 Å². The van der Waals surface area contributed by atoms with Crippen LogP contribution in [-0.4, -0.2) is 52.4 Å². The van der Waals surface area contributed by atoms with E-state index in [-0.39, 0.29) is 29.0 Å². The van der Waals surface area contributed by atoms with Gasteiger partial charge in [0, 0.05) is 106 Å². The molecule has 0 spiro atoms. The number of rotatable bonds is 23. The molecule has 3 heterocycles. The molecule has 2 atom stereocenters. The summed E-state index contributed by atoms with van der Waals surface area (Å²) in [5.74, 6) is 1.56. The second-order valence-electron chi connectivity index (χ2n) is 32.2. The van der Waals surface area contributed by atoms with Crippen LogP contribution in [0.1, 0.15) is 177 Å². The molecule has 106 heavy (non-hydrogen) atoms. The number of phenols is 1. The summed E-state index contributed by atoms with van der Waals surface area (Å²) < 4.78 is 47.0. The van der Waals surface area contributed by atoms with Crippen molar-refractivity contribution in [1.82, 2.24) is 5.32 Å². The Kier molecular flexibility index (Phi) is 27.4. The minimum absolute atomic E-state index is 0.0754. The molecule has 12 rings (SSSR count). The summed E-state index contributed by atoms with van der Waals surface area (Å²) in [7, 11) is 0.784. The van der Waals surface area contributed by atoms with Gasteiger partial charge >= 0.3 is 0 Å². The first-order valence-electron chi connectivity index (χ1n) is 37.7. The van der Waals surface area contributed by atoms with E-state index in [1.54, 1.807) is 42.5 Å². The molecular weight excluding hydrogens is 1330 g/mol. The molecule has 1 aliphatic heterocycles. The zero-order valence-electron chi connectivity index (χ0n) is 65.4. The third kappa shape index (κ3) is 22.4. The van der Waals surface area contributed by atoms with Crippen LogP contribution in [0.15, 0.2) is 218 Å². The summed E-state index contributed by atoms with van der Waals surface area (Å²) in [6.07, 6.45) is 18.5. The van der Waals surface area contributed by atoms with E-state index in [1.165, 1.54) is 55.0 Å². The van der Waals surface area contributed by atoms with E-state index in [9.17, 15) is 23.1 Å². The predicted octanol–water partition coefficient (Wildman–Crippen LogP) is 23.0. The fourth-order valence-electron chi connectivity index (χ4n) is 12.9. The Morgan fingerprint density at radius 2 is 1.18 bits per heavy atom. The van der Waals surface area contributed by atoms with Gasteiger partial charge in [-0.2, -0.15) is 0 Å². The van der Waals surface area contributed by atoms with Gasteiger partial charge in [0.1, 0.15) is 40.6 Å². The minimum atomic E-state index is -3.34. The molecule has 2 N–H and O–H groups in total. The van der Waals surface area contributed by atoms with Crippen molar-refractivity contribution in [2.24, 2.45) is 21.2 Å². The first-order valence-corrected chi connectivity index (χ1v) is 39.3. The molecular formula is C93H111N4O8S+. The molecule has 0 saturated heterocycles. The molecule has 8 aromatic carbocycles. The number of aryl methyl sites for hydroxylation is 1. The highest BCUT2D eigenvalue weighted by molar-refractivity contribution is 7.91. The normalized spacial score (nSPS) is 12.8. The van der Waals surface area contributed by atoms with Crippen molar-refractivity contribution in [3.63, 3.8) is 0 Å². The summed E-state index contributed by atoms with van der Waals surface area (Å²) in [5.41, 5.74) is 12.7. The van der Waals surface area contributed by atoms with Crippen molar-refractivity contribution in [1.29, 1.82) is 0 Å². The summed E-state index contributed by atoms with van der Waals surface area (Å²) >= 11 is 0. The molecule has 2 aliphatic rings. The maximum absolute atomic E-state index is 13.2. The number of fused-ring (bicyclic) bond motifs is 8. The average molecular weight is 1440 g/mol. The highest BCUT2D eigenvalue weighted by atomic mass is 32.2. The summed E-state index contributed by atoms with van der Waals surface area (Å²) in [5, 5.41) is 20.2. The van der Waals surface area contributed by atoms with E-state index in [1.807, 2.05) is 72.8 Å². The Labute approximate surface area is 629 Å². The monoisotopic (exact) mass is 1440 g/mol. The number of ether oxygens (including phenoxy) is 1. The van der Waals surface area contributed by atoms with E-state index in [2.05, 4.69) is 211 Å². The first kappa shape index (κ1) is 80.4. The average Bonchev–Trinajstić information content (AvgIpc) is 0.732. The van der Waals surface area contributed by atoms with Crippen LogP contribution in [0.3, 0.4) is 0 Å². The lowest BCUT2D eigenvalue weighted by atomic mass is 9.89. The van der Waals surface area contributed by atoms with Gasteiger partial charge in [-0.3, -0.25) is 14.6 Å². The van der Waals surface area contributed by atoms with Gasteiger partial charge in [0.25, 0.3) is 6.47 Å². The van der Waals surface area contributed by atoms with Gasteiger partial charge in [-0.1, -0.05) is 188 Å². The summed E-state index contributed by atoms with van der Waals surface area (Å²) in [4.78, 5) is 30.5. The largest absolute Gasteiger partial charge is 0.508 e. The number of nitrogens with zero attached hydrogens (tertiary/aromatic N) is 3. The van der Waals surface area contributed by atoms with Crippen molar-refractivity contribution < 1.29 is 36.5 Å². The predicted molar refractivity (Wildman–Crippen MR) is 444 cm³/mol. The first-order chi connectivity index (χ1) is 50.4. The number of sulfone groups is 1. The number of para-hydroxylation sites is 1. The second kappa shape index (κ2) is 36.1. The van der Waals surface area contributed by atoms with Gasteiger partial charge in [-0.05, 0) is 192 Å². The van der Waals surface area contributed by atoms with Gasteiger partial charge in [0.05, 0.1) is 16.0 Å². The fourth-order valence-corrected chi connectivity index (χ4v) is 14.3. The maximum Gasteiger partial charge on any atom is 0.298 e. The number of benzene rings is 9. The van der Waals surface area contributed by atoms with Crippen LogP contribution >= 0.6 is 0 Å². The van der Waals surface area contributed by atoms with Gasteiger partial charge in [0.2, 0.25) is 0 Å². The molecule has 0 amide bonds. The van der Waals surface area contributed by atoms with Crippen molar-refractivity contribution in [3.8, 4) is 45.1 Å². The van der Waals surface area contributed by atoms with Crippen LogP contribution in [-0.2, 0) is 21.2 Å². The maximum atomic E-state index is 13.2. The van der Waals surface area contributed by atoms with Crippen molar-refractivity contribution in [2.75, 3.05) is 31.3 Å². The topological polar surface area (TPSA) is 156 Å². The number of pyridine rings is 1. The van der Waals surface area contributed by atoms with Gasteiger partial charge < -0.3 is 28.9 Å². The standard InChI is InChI=1S/C38H52N2O3S.C28H16O5.C22H31N2.C5H12/c1-8-27(3)40-31-18-22-34-36(26-31)43-35-25-30(28(4)39-9-2)17-21-33(35)37(34)29-15-19-32(20-16-29)44(41,42)24-14-12-10-11-13-23-38(5,6)7;29-15-32-25-4-2-1-3-22(25)26-23-9-5-16-13-18(30)7-11-20(16)27(23)33-28-21-12-8-19(31)14-17(21)6-10-24(26)28;1-22(2,3)15-6-16-24-17-13-20(14-18-24)8-7-19-9-11-21(12-10-19)23(4)5;1-5(2,3)4/h15-22,25-28,39H,8-14,23-24H2,1-7H3;1-15,30H;7-14,17-18H,6,15-16H2,1-5H3;1-4H3/q;;+1;. The molecule has 1 aliphatic carbocycles. The fraction of sp³-hybridized carbons (Fsp3) is 0.355. The summed E-state index contributed by atoms with van der Waals surface area (Å²) in [6.45, 7) is 33.4. The molecule has 12 nitrogen and oxygen atoms in total. The quantitative estimate of drug-likeness (QED) is 0.0208. The third-order valence-corrected chi connectivity index (χ3v) is 20.5. The molecule has 0 fully saturated rings. The Balaban J connectivity index is 0.000000185. The Hall–Kier alpha value is -9.69. The molecule has 10 aromatic rings. The van der Waals surface area contributed by atoms with Crippen LogP contribution < -0.4 is 30.3 Å². The molecule has 0 saturated carbocycles. The van der Waals surface area contributed by atoms with E-state index >= 15 is 0 Å². The zero-order valence-corrected chi connectivity index (χ0v) is 66.2. The minimum Gasteiger partial charge on any atom is -0.508 e. The van der Waals surface area contributed by atoms with Crippen molar-refractivity contribution in [3.05, 3.63) is 227 Å². The third-order valence-electron chi connectivity index (χ3n) is 18.6. The van der Waals surface area contributed by atoms with Crippen LogP contribution in [0.4, 0.5) is 5.69 Å². The Morgan fingerprint density at radius 3 is 1.80 bits per heavy atom. The lowest BCUT2D eigenvalue weighted by Gasteiger charge is -2.18. The lowest BCUT2D eigenvalue weighted by molar-refractivity contribution is -0.697. The van der Waals surface area contributed by atoms with E-state index in [0.717, 1.165) is 120 Å². The number of hydrogen-bond acceptors (Lipinski definition) is 11. The molecule has 556 valence electrons. The van der Waals surface area contributed by atoms with E-state index in [4.69, 9.17) is 18.6 Å². The van der Waals surface area contributed by atoms with Crippen LogP contribution in [0.5, 0.6) is 11.5 Å². The molecule has 0 radical (unpaired) electrons. The van der Waals surface area contributed by atoms with E-state index in [0.29, 0.717) is 50.9 Å². The number of carbonyl (C=O) groups is 1. The number of phenolic OH excluding ortho intramolecular Hbond substituents is 1. The van der Waals surface area contributed by atoms with Crippen LogP contribution in [0, 0.1) is 16.2 Å². The number of anilines is 1. The molecule has 2 aromatic heterocycles. The Morgan fingerprint density at radius 1 is 0.594 bits per heavy atom. The highest BCUT2D eigenvalue weighted by Crippen LogP contribution is 2.45. The highest BCUT2D eigenvalue weighted by Gasteiger charge is 2.23. The number of nitrogens with one attached hydrogen (secondary N) is 1. The molecule has 0 bridgehead atoms. The van der Waals surface area contributed by atoms with Crippen LogP contribution in [0.25, 0.3) is 100 Å². The van der Waals surface area contributed by atoms with Crippen molar-refractivity contribution in [2.45, 2.75) is 178 Å². The number of unbranched alkanes of at least 4 members (excludes halogenated alkanes) is 4. The van der Waals surface area contributed by atoms with Gasteiger partial charge in [-0.25, -0.2) is 13.0 Å². The molecule has 2 unspecified atom stereocenters.